The van der Waals surface area contributed by atoms with Crippen LogP contribution in [0.25, 0.3) is 11.1 Å². The molecular weight excluding hydrogens is 256 g/mol. The summed E-state index contributed by atoms with van der Waals surface area (Å²) in [6.45, 7) is 0.846. The minimum absolute atomic E-state index is 0.0222. The summed E-state index contributed by atoms with van der Waals surface area (Å²) in [5.74, 6) is -2.07. The lowest BCUT2D eigenvalue weighted by Crippen LogP contribution is -2.09. The molecule has 0 aliphatic carbocycles. The monoisotopic (exact) mass is 267 g/mol. The van der Waals surface area contributed by atoms with Crippen LogP contribution < -0.4 is 15.2 Å². The summed E-state index contributed by atoms with van der Waals surface area (Å²) in [7, 11) is 0. The number of nitrogens with one attached hydrogen (secondary N) is 1. The van der Waals surface area contributed by atoms with Crippen LogP contribution in [-0.4, -0.2) is 17.0 Å². The minimum atomic E-state index is -3.03. The molecule has 1 aliphatic rings. The molecule has 1 aromatic heterocycles. The molecule has 1 aromatic carbocycles. The van der Waals surface area contributed by atoms with Gasteiger partial charge in [-0.15, -0.1) is 0 Å². The number of rotatable bonds is 2. The van der Waals surface area contributed by atoms with Gasteiger partial charge in [-0.3, -0.25) is 5.10 Å². The lowest BCUT2D eigenvalue weighted by molar-refractivity contribution is 0.0179. The number of alkyl halides is 2. The third-order valence-corrected chi connectivity index (χ3v) is 2.94. The van der Waals surface area contributed by atoms with Gasteiger partial charge < -0.3 is 15.2 Å². The predicted octanol–water partition coefficient (Wildman–Crippen LogP) is 2.50. The fourth-order valence-corrected chi connectivity index (χ4v) is 2.04. The normalized spacial score (nSPS) is 13.8. The Hall–Kier alpha value is -2.31. The molecule has 0 saturated carbocycles. The molecule has 2 aromatic rings. The number of nitrogens with zero attached hydrogens (tertiary/aromatic N) is 1. The Morgan fingerprint density at radius 2 is 1.95 bits per heavy atom. The first-order chi connectivity index (χ1) is 8.97. The maximum absolute atomic E-state index is 13.7. The third kappa shape index (κ3) is 1.87. The SMILES string of the molecule is CC(F)(F)c1cc2c(cc1-c1cn[nH]c1N)OCO2. The van der Waals surface area contributed by atoms with Gasteiger partial charge in [-0.25, -0.2) is 8.78 Å². The summed E-state index contributed by atoms with van der Waals surface area (Å²) in [5.41, 5.74) is 6.21. The molecule has 5 nitrogen and oxygen atoms in total. The molecule has 0 unspecified atom stereocenters. The number of benzene rings is 1. The second-order valence-corrected chi connectivity index (χ2v) is 4.34. The Balaban J connectivity index is 2.25. The second kappa shape index (κ2) is 3.84. The molecule has 0 bridgehead atoms. The number of aromatic amines is 1. The van der Waals surface area contributed by atoms with Crippen LogP contribution in [0.1, 0.15) is 12.5 Å². The smallest absolute Gasteiger partial charge is 0.271 e. The summed E-state index contributed by atoms with van der Waals surface area (Å²) in [6, 6.07) is 2.78. The van der Waals surface area contributed by atoms with E-state index < -0.39 is 5.92 Å². The highest BCUT2D eigenvalue weighted by molar-refractivity contribution is 5.78. The number of hydrogen-bond acceptors (Lipinski definition) is 4. The molecule has 0 amide bonds. The topological polar surface area (TPSA) is 73.2 Å². The zero-order valence-electron chi connectivity index (χ0n) is 10.0. The van der Waals surface area contributed by atoms with Crippen molar-refractivity contribution in [2.75, 3.05) is 12.5 Å². The molecule has 1 aliphatic heterocycles. The highest BCUT2D eigenvalue weighted by atomic mass is 19.3. The molecule has 7 heteroatoms. The van der Waals surface area contributed by atoms with Crippen molar-refractivity contribution < 1.29 is 18.3 Å². The van der Waals surface area contributed by atoms with E-state index in [1.807, 2.05) is 0 Å². The summed E-state index contributed by atoms with van der Waals surface area (Å²) in [6.07, 6.45) is 1.40. The first-order valence-corrected chi connectivity index (χ1v) is 5.58. The van der Waals surface area contributed by atoms with Gasteiger partial charge in [0.1, 0.15) is 5.82 Å². The lowest BCUT2D eigenvalue weighted by atomic mass is 9.97. The predicted molar refractivity (Wildman–Crippen MR) is 64.1 cm³/mol. The van der Waals surface area contributed by atoms with Crippen LogP contribution in [0.15, 0.2) is 18.3 Å². The first-order valence-electron chi connectivity index (χ1n) is 5.58. The molecule has 19 heavy (non-hydrogen) atoms. The fraction of sp³-hybridized carbons (Fsp3) is 0.250. The largest absolute Gasteiger partial charge is 0.454 e. The van der Waals surface area contributed by atoms with E-state index in [9.17, 15) is 8.78 Å². The van der Waals surface area contributed by atoms with E-state index in [0.29, 0.717) is 17.1 Å². The molecule has 2 heterocycles. The average molecular weight is 267 g/mol. The minimum Gasteiger partial charge on any atom is -0.454 e. The van der Waals surface area contributed by atoms with Crippen LogP contribution in [0.3, 0.4) is 0 Å². The van der Waals surface area contributed by atoms with E-state index in [0.717, 1.165) is 6.92 Å². The van der Waals surface area contributed by atoms with E-state index in [1.54, 1.807) is 0 Å². The summed E-state index contributed by atoms with van der Waals surface area (Å²) in [5, 5.41) is 6.27. The van der Waals surface area contributed by atoms with Crippen molar-refractivity contribution in [3.05, 3.63) is 23.9 Å². The van der Waals surface area contributed by atoms with Gasteiger partial charge in [0.25, 0.3) is 5.92 Å². The van der Waals surface area contributed by atoms with Crippen molar-refractivity contribution >= 4 is 5.82 Å². The van der Waals surface area contributed by atoms with Crippen LogP contribution >= 0.6 is 0 Å². The van der Waals surface area contributed by atoms with Crippen molar-refractivity contribution in [2.24, 2.45) is 0 Å². The molecule has 100 valence electrons. The van der Waals surface area contributed by atoms with Crippen molar-refractivity contribution in [1.82, 2.24) is 10.2 Å². The second-order valence-electron chi connectivity index (χ2n) is 4.34. The maximum Gasteiger partial charge on any atom is 0.271 e. The van der Waals surface area contributed by atoms with Gasteiger partial charge in [0, 0.05) is 23.6 Å². The molecule has 0 spiro atoms. The number of halogens is 2. The standard InChI is InChI=1S/C12H11F2N3O2/c1-12(13,14)8-3-10-9(18-5-19-10)2-6(8)7-4-16-17-11(7)15/h2-4H,5H2,1H3,(H3,15,16,17). The average Bonchev–Trinajstić information content (AvgIpc) is 2.93. The Labute approximate surface area is 107 Å². The Kier molecular flexibility index (Phi) is 2.38. The number of nitrogen functional groups attached to an aromatic ring is 1. The van der Waals surface area contributed by atoms with Gasteiger partial charge in [-0.1, -0.05) is 0 Å². The van der Waals surface area contributed by atoms with Gasteiger partial charge in [0.15, 0.2) is 11.5 Å². The Morgan fingerprint density at radius 1 is 1.26 bits per heavy atom. The molecule has 3 rings (SSSR count). The quantitative estimate of drug-likeness (QED) is 0.876. The number of aromatic nitrogens is 2. The zero-order valence-corrected chi connectivity index (χ0v) is 10.0. The lowest BCUT2D eigenvalue weighted by Gasteiger charge is -2.16. The number of ether oxygens (including phenoxy) is 2. The van der Waals surface area contributed by atoms with Crippen molar-refractivity contribution in [3.63, 3.8) is 0 Å². The van der Waals surface area contributed by atoms with E-state index in [-0.39, 0.29) is 23.7 Å². The molecule has 0 radical (unpaired) electrons. The third-order valence-electron chi connectivity index (χ3n) is 2.94. The van der Waals surface area contributed by atoms with Gasteiger partial charge in [-0.2, -0.15) is 5.10 Å². The number of anilines is 1. The molecular formula is C12H11F2N3O2. The molecule has 0 saturated heterocycles. The van der Waals surface area contributed by atoms with Crippen LogP contribution in [0.2, 0.25) is 0 Å². The van der Waals surface area contributed by atoms with Crippen molar-refractivity contribution in [3.8, 4) is 22.6 Å². The van der Waals surface area contributed by atoms with E-state index in [4.69, 9.17) is 15.2 Å². The summed E-state index contributed by atoms with van der Waals surface area (Å²) < 4.78 is 37.8. The van der Waals surface area contributed by atoms with Gasteiger partial charge >= 0.3 is 0 Å². The van der Waals surface area contributed by atoms with Crippen molar-refractivity contribution in [1.29, 1.82) is 0 Å². The number of fused-ring (bicyclic) bond motifs is 1. The number of H-pyrrole nitrogens is 1. The van der Waals surface area contributed by atoms with Crippen molar-refractivity contribution in [2.45, 2.75) is 12.8 Å². The van der Waals surface area contributed by atoms with Gasteiger partial charge in [0.2, 0.25) is 6.79 Å². The Morgan fingerprint density at radius 3 is 2.53 bits per heavy atom. The van der Waals surface area contributed by atoms with Crippen LogP contribution in [0.4, 0.5) is 14.6 Å². The highest BCUT2D eigenvalue weighted by Crippen LogP contribution is 2.44. The molecule has 0 atom stereocenters. The van der Waals surface area contributed by atoms with Crippen LogP contribution in [0, 0.1) is 0 Å². The van der Waals surface area contributed by atoms with E-state index in [2.05, 4.69) is 10.2 Å². The maximum atomic E-state index is 13.7. The molecule has 3 N–H and O–H groups in total. The van der Waals surface area contributed by atoms with Crippen LogP contribution in [-0.2, 0) is 5.92 Å². The number of hydrogen-bond donors (Lipinski definition) is 2. The molecule has 0 fully saturated rings. The summed E-state index contributed by atoms with van der Waals surface area (Å²) in [4.78, 5) is 0. The zero-order chi connectivity index (χ0) is 13.6. The van der Waals surface area contributed by atoms with Gasteiger partial charge in [0.05, 0.1) is 6.20 Å². The number of nitrogens with two attached hydrogens (primary N) is 1. The van der Waals surface area contributed by atoms with E-state index in [1.165, 1.54) is 18.3 Å². The Bertz CT molecular complexity index is 634. The fourth-order valence-electron chi connectivity index (χ4n) is 2.04. The summed E-state index contributed by atoms with van der Waals surface area (Å²) >= 11 is 0. The van der Waals surface area contributed by atoms with Crippen LogP contribution in [0.5, 0.6) is 11.5 Å². The first kappa shape index (κ1) is 11.8. The van der Waals surface area contributed by atoms with E-state index >= 15 is 0 Å². The highest BCUT2D eigenvalue weighted by Gasteiger charge is 2.32. The van der Waals surface area contributed by atoms with Gasteiger partial charge in [-0.05, 0) is 12.1 Å².